The molecular weight excluding hydrogens is 368 g/mol. The van der Waals surface area contributed by atoms with Crippen molar-refractivity contribution in [3.8, 4) is 0 Å². The Labute approximate surface area is 142 Å². The summed E-state index contributed by atoms with van der Waals surface area (Å²) in [6, 6.07) is 11.9. The van der Waals surface area contributed by atoms with Crippen molar-refractivity contribution in [2.75, 3.05) is 19.4 Å². The number of anilines is 1. The van der Waals surface area contributed by atoms with Gasteiger partial charge in [0.2, 0.25) is 0 Å². The number of nitrogens with zero attached hydrogens (tertiary/aromatic N) is 1. The van der Waals surface area contributed by atoms with Gasteiger partial charge in [-0.1, -0.05) is 33.6 Å². The van der Waals surface area contributed by atoms with Gasteiger partial charge in [0.1, 0.15) is 0 Å². The Morgan fingerprint density at radius 2 is 1.86 bits per heavy atom. The van der Waals surface area contributed by atoms with Crippen LogP contribution in [0.5, 0.6) is 0 Å². The van der Waals surface area contributed by atoms with Crippen LogP contribution in [0.15, 0.2) is 46.9 Å². The maximum atomic E-state index is 12.2. The lowest BCUT2D eigenvalue weighted by Crippen LogP contribution is -2.22. The van der Waals surface area contributed by atoms with Gasteiger partial charge >= 0.3 is 0 Å². The third-order valence-corrected chi connectivity index (χ3v) is 3.76. The third-order valence-electron chi connectivity index (χ3n) is 2.95. The molecule has 2 aromatic carbocycles. The number of halogens is 2. The molecule has 0 aliphatic carbocycles. The fourth-order valence-corrected chi connectivity index (χ4v) is 2.50. The van der Waals surface area contributed by atoms with E-state index in [1.807, 2.05) is 6.07 Å². The van der Waals surface area contributed by atoms with E-state index in [1.54, 1.807) is 50.5 Å². The van der Waals surface area contributed by atoms with E-state index in [0.717, 1.165) is 4.47 Å². The first-order valence-corrected chi connectivity index (χ1v) is 7.63. The molecule has 0 atom stereocenters. The topological polar surface area (TPSA) is 49.4 Å². The molecular formula is C16H14BrClN2O2. The van der Waals surface area contributed by atoms with Crippen molar-refractivity contribution in [2.24, 2.45) is 0 Å². The number of rotatable bonds is 3. The van der Waals surface area contributed by atoms with E-state index in [-0.39, 0.29) is 11.8 Å². The first-order valence-electron chi connectivity index (χ1n) is 6.46. The average Bonchev–Trinajstić information content (AvgIpc) is 2.46. The van der Waals surface area contributed by atoms with Crippen LogP contribution < -0.4 is 5.32 Å². The summed E-state index contributed by atoms with van der Waals surface area (Å²) in [6.07, 6.45) is 0. The Bertz CT molecular complexity index is 732. The Kier molecular flexibility index (Phi) is 5.21. The number of hydrogen-bond donors (Lipinski definition) is 1. The van der Waals surface area contributed by atoms with Crippen molar-refractivity contribution < 1.29 is 9.59 Å². The molecule has 0 fully saturated rings. The van der Waals surface area contributed by atoms with E-state index < -0.39 is 0 Å². The molecule has 0 saturated carbocycles. The summed E-state index contributed by atoms with van der Waals surface area (Å²) >= 11 is 9.44. The monoisotopic (exact) mass is 380 g/mol. The second kappa shape index (κ2) is 6.94. The molecule has 1 N–H and O–H groups in total. The summed E-state index contributed by atoms with van der Waals surface area (Å²) in [7, 11) is 3.31. The molecule has 2 aromatic rings. The Balaban J connectivity index is 2.19. The summed E-state index contributed by atoms with van der Waals surface area (Å²) in [6.45, 7) is 0. The lowest BCUT2D eigenvalue weighted by molar-refractivity contribution is 0.0827. The molecule has 0 saturated heterocycles. The van der Waals surface area contributed by atoms with Gasteiger partial charge in [0.05, 0.1) is 10.6 Å². The Morgan fingerprint density at radius 1 is 1.14 bits per heavy atom. The summed E-state index contributed by atoms with van der Waals surface area (Å²) in [4.78, 5) is 25.5. The zero-order valence-electron chi connectivity index (χ0n) is 12.1. The van der Waals surface area contributed by atoms with E-state index in [9.17, 15) is 9.59 Å². The molecule has 0 radical (unpaired) electrons. The minimum atomic E-state index is -0.246. The molecule has 2 amide bonds. The molecule has 0 aliphatic rings. The zero-order valence-corrected chi connectivity index (χ0v) is 14.4. The van der Waals surface area contributed by atoms with Crippen LogP contribution in [0.25, 0.3) is 0 Å². The molecule has 114 valence electrons. The van der Waals surface area contributed by atoms with Crippen LogP contribution in [0.4, 0.5) is 5.69 Å². The maximum Gasteiger partial charge on any atom is 0.255 e. The van der Waals surface area contributed by atoms with Crippen molar-refractivity contribution in [1.82, 2.24) is 4.90 Å². The van der Waals surface area contributed by atoms with Crippen molar-refractivity contribution in [3.63, 3.8) is 0 Å². The molecule has 0 unspecified atom stereocenters. The standard InChI is InChI=1S/C16H14BrClN2O2/c1-20(2)16(22)13-7-6-12(9-14(13)18)19-15(21)10-4-3-5-11(17)8-10/h3-9H,1-2H3,(H,19,21). The molecule has 6 heteroatoms. The quantitative estimate of drug-likeness (QED) is 0.872. The number of amides is 2. The average molecular weight is 382 g/mol. The van der Waals surface area contributed by atoms with Crippen LogP contribution in [0.2, 0.25) is 5.02 Å². The zero-order chi connectivity index (χ0) is 16.3. The summed E-state index contributed by atoms with van der Waals surface area (Å²) in [5, 5.41) is 3.05. The smallest absolute Gasteiger partial charge is 0.255 e. The number of carbonyl (C=O) groups excluding carboxylic acids is 2. The van der Waals surface area contributed by atoms with Gasteiger partial charge in [0, 0.05) is 29.8 Å². The minimum absolute atomic E-state index is 0.185. The van der Waals surface area contributed by atoms with Crippen LogP contribution in [0.3, 0.4) is 0 Å². The molecule has 0 heterocycles. The highest BCUT2D eigenvalue weighted by molar-refractivity contribution is 9.10. The van der Waals surface area contributed by atoms with E-state index in [2.05, 4.69) is 21.2 Å². The fraction of sp³-hybridized carbons (Fsp3) is 0.125. The fourth-order valence-electron chi connectivity index (χ4n) is 1.84. The van der Waals surface area contributed by atoms with Crippen LogP contribution in [-0.4, -0.2) is 30.8 Å². The first kappa shape index (κ1) is 16.5. The number of benzene rings is 2. The second-order valence-corrected chi connectivity index (χ2v) is 6.18. The Hall–Kier alpha value is -1.85. The van der Waals surface area contributed by atoms with Crippen LogP contribution >= 0.6 is 27.5 Å². The minimum Gasteiger partial charge on any atom is -0.345 e. The van der Waals surface area contributed by atoms with Gasteiger partial charge < -0.3 is 10.2 Å². The molecule has 0 aromatic heterocycles. The van der Waals surface area contributed by atoms with Crippen LogP contribution in [-0.2, 0) is 0 Å². The van der Waals surface area contributed by atoms with Crippen molar-refractivity contribution in [3.05, 3.63) is 63.1 Å². The highest BCUT2D eigenvalue weighted by Crippen LogP contribution is 2.22. The Morgan fingerprint density at radius 3 is 2.45 bits per heavy atom. The maximum absolute atomic E-state index is 12.2. The normalized spacial score (nSPS) is 10.2. The second-order valence-electron chi connectivity index (χ2n) is 4.86. The van der Waals surface area contributed by atoms with Gasteiger partial charge in [0.15, 0.2) is 0 Å². The van der Waals surface area contributed by atoms with Crippen LogP contribution in [0, 0.1) is 0 Å². The molecule has 0 aliphatic heterocycles. The van der Waals surface area contributed by atoms with Crippen LogP contribution in [0.1, 0.15) is 20.7 Å². The van der Waals surface area contributed by atoms with E-state index in [1.165, 1.54) is 4.90 Å². The highest BCUT2D eigenvalue weighted by atomic mass is 79.9. The predicted octanol–water partition coefficient (Wildman–Crippen LogP) is 4.06. The van der Waals surface area contributed by atoms with Gasteiger partial charge in [-0.2, -0.15) is 0 Å². The SMILES string of the molecule is CN(C)C(=O)c1ccc(NC(=O)c2cccc(Br)c2)cc1Cl. The number of hydrogen-bond acceptors (Lipinski definition) is 2. The van der Waals surface area contributed by atoms with E-state index in [0.29, 0.717) is 21.8 Å². The molecule has 4 nitrogen and oxygen atoms in total. The van der Waals surface area contributed by atoms with Crippen molar-refractivity contribution in [2.45, 2.75) is 0 Å². The van der Waals surface area contributed by atoms with Crippen molar-refractivity contribution in [1.29, 1.82) is 0 Å². The van der Waals surface area contributed by atoms with E-state index >= 15 is 0 Å². The lowest BCUT2D eigenvalue weighted by atomic mass is 10.1. The molecule has 0 bridgehead atoms. The van der Waals surface area contributed by atoms with Gasteiger partial charge in [-0.15, -0.1) is 0 Å². The largest absolute Gasteiger partial charge is 0.345 e. The molecule has 0 spiro atoms. The number of carbonyl (C=O) groups is 2. The van der Waals surface area contributed by atoms with Gasteiger partial charge in [-0.25, -0.2) is 0 Å². The molecule has 22 heavy (non-hydrogen) atoms. The van der Waals surface area contributed by atoms with Gasteiger partial charge in [-0.3, -0.25) is 9.59 Å². The first-order chi connectivity index (χ1) is 10.4. The van der Waals surface area contributed by atoms with E-state index in [4.69, 9.17) is 11.6 Å². The predicted molar refractivity (Wildman–Crippen MR) is 91.6 cm³/mol. The highest BCUT2D eigenvalue weighted by Gasteiger charge is 2.14. The summed E-state index contributed by atoms with van der Waals surface area (Å²) in [5.41, 5.74) is 1.45. The summed E-state index contributed by atoms with van der Waals surface area (Å²) < 4.78 is 0.824. The lowest BCUT2D eigenvalue weighted by Gasteiger charge is -2.13. The summed E-state index contributed by atoms with van der Waals surface area (Å²) in [5.74, 6) is -0.432. The van der Waals surface area contributed by atoms with Gasteiger partial charge in [0.25, 0.3) is 11.8 Å². The third kappa shape index (κ3) is 3.87. The molecule has 2 rings (SSSR count). The number of nitrogens with one attached hydrogen (secondary N) is 1. The van der Waals surface area contributed by atoms with Crippen molar-refractivity contribution >= 4 is 45.0 Å². The van der Waals surface area contributed by atoms with Gasteiger partial charge in [-0.05, 0) is 36.4 Å².